The van der Waals surface area contributed by atoms with E-state index in [1.54, 1.807) is 24.1 Å². The maximum Gasteiger partial charge on any atom is 0.233 e. The number of amides is 1. The van der Waals surface area contributed by atoms with Gasteiger partial charge in [0.15, 0.2) is 0 Å². The molecule has 1 aliphatic carbocycles. The number of H-pyrrole nitrogens is 1. The lowest BCUT2D eigenvalue weighted by molar-refractivity contribution is -0.127. The number of aromatic amines is 1. The van der Waals surface area contributed by atoms with Crippen LogP contribution in [-0.2, 0) is 17.8 Å². The largest absolute Gasteiger partial charge is 0.341 e. The van der Waals surface area contributed by atoms with Crippen LogP contribution in [0.25, 0.3) is 0 Å². The molecule has 1 saturated carbocycles. The standard InChI is InChI=1S/C19H25FN4OS/c1-24(12-15-6-9-16(20)10-7-15)18(25)13-26-19-21-17(22-23-19)11-8-14-4-2-3-5-14/h6-7,9-10,14H,2-5,8,11-13H2,1H3,(H,21,22,23). The summed E-state index contributed by atoms with van der Waals surface area (Å²) < 4.78 is 12.9. The van der Waals surface area contributed by atoms with Crippen molar-refractivity contribution in [3.63, 3.8) is 0 Å². The van der Waals surface area contributed by atoms with E-state index >= 15 is 0 Å². The number of thioether (sulfide) groups is 1. The van der Waals surface area contributed by atoms with Gasteiger partial charge >= 0.3 is 0 Å². The van der Waals surface area contributed by atoms with Crippen molar-refractivity contribution in [2.24, 2.45) is 5.92 Å². The van der Waals surface area contributed by atoms with Crippen molar-refractivity contribution in [3.05, 3.63) is 41.5 Å². The lowest BCUT2D eigenvalue weighted by Gasteiger charge is -2.16. The Morgan fingerprint density at radius 2 is 2.04 bits per heavy atom. The van der Waals surface area contributed by atoms with Gasteiger partial charge in [0.05, 0.1) is 5.75 Å². The molecule has 0 radical (unpaired) electrons. The van der Waals surface area contributed by atoms with Crippen LogP contribution < -0.4 is 0 Å². The van der Waals surface area contributed by atoms with Gasteiger partial charge in [0.2, 0.25) is 11.1 Å². The van der Waals surface area contributed by atoms with Gasteiger partial charge < -0.3 is 4.90 Å². The third kappa shape index (κ3) is 5.56. The van der Waals surface area contributed by atoms with E-state index in [1.165, 1.54) is 56.0 Å². The van der Waals surface area contributed by atoms with E-state index in [0.29, 0.717) is 11.7 Å². The maximum atomic E-state index is 12.9. The zero-order valence-electron chi connectivity index (χ0n) is 15.1. The fraction of sp³-hybridized carbons (Fsp3) is 0.526. The number of aryl methyl sites for hydroxylation is 1. The molecule has 2 aromatic rings. The highest BCUT2D eigenvalue weighted by atomic mass is 32.2. The highest BCUT2D eigenvalue weighted by Crippen LogP contribution is 2.28. The van der Waals surface area contributed by atoms with E-state index in [1.807, 2.05) is 0 Å². The first kappa shape index (κ1) is 18.9. The molecular formula is C19H25FN4OS. The number of rotatable bonds is 8. The molecule has 0 spiro atoms. The topological polar surface area (TPSA) is 61.9 Å². The molecule has 140 valence electrons. The number of halogens is 1. The van der Waals surface area contributed by atoms with E-state index in [0.717, 1.165) is 23.7 Å². The zero-order chi connectivity index (χ0) is 18.4. The first-order valence-electron chi connectivity index (χ1n) is 9.12. The second-order valence-corrected chi connectivity index (χ2v) is 7.86. The van der Waals surface area contributed by atoms with Gasteiger partial charge in [0, 0.05) is 20.0 Å². The molecule has 0 bridgehead atoms. The van der Waals surface area contributed by atoms with E-state index in [-0.39, 0.29) is 17.5 Å². The molecule has 5 nitrogen and oxygen atoms in total. The Balaban J connectivity index is 1.41. The van der Waals surface area contributed by atoms with Crippen molar-refractivity contribution in [2.75, 3.05) is 12.8 Å². The monoisotopic (exact) mass is 376 g/mol. The van der Waals surface area contributed by atoms with E-state index in [9.17, 15) is 9.18 Å². The van der Waals surface area contributed by atoms with E-state index in [2.05, 4.69) is 15.2 Å². The van der Waals surface area contributed by atoms with Gasteiger partial charge in [0.1, 0.15) is 11.6 Å². The average molecular weight is 377 g/mol. The molecule has 0 aliphatic heterocycles. The third-order valence-electron chi connectivity index (χ3n) is 4.86. The summed E-state index contributed by atoms with van der Waals surface area (Å²) in [6.07, 6.45) is 7.48. The first-order chi connectivity index (χ1) is 12.6. The van der Waals surface area contributed by atoms with Crippen molar-refractivity contribution in [1.29, 1.82) is 0 Å². The first-order valence-corrected chi connectivity index (χ1v) is 10.1. The number of benzene rings is 1. The molecular weight excluding hydrogens is 351 g/mol. The molecule has 0 saturated heterocycles. The lowest BCUT2D eigenvalue weighted by atomic mass is 10.0. The summed E-state index contributed by atoms with van der Waals surface area (Å²) >= 11 is 1.34. The second kappa shape index (κ2) is 9.16. The average Bonchev–Trinajstić information content (AvgIpc) is 3.31. The number of nitrogens with zero attached hydrogens (tertiary/aromatic N) is 3. The Kier molecular flexibility index (Phi) is 6.66. The van der Waals surface area contributed by atoms with E-state index in [4.69, 9.17) is 0 Å². The van der Waals surface area contributed by atoms with Crippen LogP contribution in [0.15, 0.2) is 29.4 Å². The zero-order valence-corrected chi connectivity index (χ0v) is 15.9. The highest BCUT2D eigenvalue weighted by molar-refractivity contribution is 7.99. The van der Waals surface area contributed by atoms with Crippen LogP contribution in [0.2, 0.25) is 0 Å². The van der Waals surface area contributed by atoms with Crippen molar-refractivity contribution in [2.45, 2.75) is 50.2 Å². The van der Waals surface area contributed by atoms with Gasteiger partial charge in [-0.15, -0.1) is 5.10 Å². The number of aromatic nitrogens is 3. The SMILES string of the molecule is CN(Cc1ccc(F)cc1)C(=O)CSc1n[nH]c(CCC2CCCC2)n1. The summed E-state index contributed by atoms with van der Waals surface area (Å²) in [6, 6.07) is 6.20. The van der Waals surface area contributed by atoms with Gasteiger partial charge in [-0.3, -0.25) is 9.89 Å². The van der Waals surface area contributed by atoms with Crippen LogP contribution in [0, 0.1) is 11.7 Å². The summed E-state index contributed by atoms with van der Waals surface area (Å²) in [7, 11) is 1.75. The Morgan fingerprint density at radius 1 is 1.31 bits per heavy atom. The van der Waals surface area contributed by atoms with Crippen LogP contribution in [0.5, 0.6) is 0 Å². The van der Waals surface area contributed by atoms with Crippen LogP contribution in [0.3, 0.4) is 0 Å². The Hall–Kier alpha value is -1.89. The molecule has 1 aliphatic rings. The lowest BCUT2D eigenvalue weighted by Crippen LogP contribution is -2.27. The molecule has 1 heterocycles. The summed E-state index contributed by atoms with van der Waals surface area (Å²) in [6.45, 7) is 0.459. The molecule has 26 heavy (non-hydrogen) atoms. The van der Waals surface area contributed by atoms with Crippen molar-refractivity contribution >= 4 is 17.7 Å². The molecule has 1 aromatic carbocycles. The summed E-state index contributed by atoms with van der Waals surface area (Å²) in [5.74, 6) is 1.75. The fourth-order valence-electron chi connectivity index (χ4n) is 3.28. The third-order valence-corrected chi connectivity index (χ3v) is 5.69. The normalized spacial score (nSPS) is 14.7. The Bertz CT molecular complexity index is 713. The molecule has 1 fully saturated rings. The Labute approximate surface area is 157 Å². The predicted octanol–water partition coefficient (Wildman–Crippen LogP) is 3.82. The van der Waals surface area contributed by atoms with Crippen LogP contribution in [0.1, 0.15) is 43.5 Å². The van der Waals surface area contributed by atoms with Gasteiger partial charge in [0.25, 0.3) is 0 Å². The van der Waals surface area contributed by atoms with Gasteiger partial charge in [-0.2, -0.15) is 0 Å². The Morgan fingerprint density at radius 3 is 2.77 bits per heavy atom. The molecule has 0 atom stereocenters. The van der Waals surface area contributed by atoms with Gasteiger partial charge in [-0.25, -0.2) is 9.37 Å². The fourth-order valence-corrected chi connectivity index (χ4v) is 4.04. The molecule has 1 amide bonds. The minimum absolute atomic E-state index is 0.00312. The maximum absolute atomic E-state index is 12.9. The molecule has 1 aromatic heterocycles. The summed E-state index contributed by atoms with van der Waals surface area (Å²) in [5.41, 5.74) is 0.902. The highest BCUT2D eigenvalue weighted by Gasteiger charge is 2.16. The number of hydrogen-bond donors (Lipinski definition) is 1. The van der Waals surface area contributed by atoms with Crippen LogP contribution in [-0.4, -0.2) is 38.8 Å². The number of carbonyl (C=O) groups excluding carboxylic acids is 1. The predicted molar refractivity (Wildman–Crippen MR) is 100 cm³/mol. The van der Waals surface area contributed by atoms with Crippen molar-refractivity contribution in [3.8, 4) is 0 Å². The van der Waals surface area contributed by atoms with Crippen molar-refractivity contribution in [1.82, 2.24) is 20.1 Å². The number of hydrogen-bond acceptors (Lipinski definition) is 4. The number of nitrogens with one attached hydrogen (secondary N) is 1. The summed E-state index contributed by atoms with van der Waals surface area (Å²) in [4.78, 5) is 18.4. The van der Waals surface area contributed by atoms with Gasteiger partial charge in [-0.1, -0.05) is 49.6 Å². The summed E-state index contributed by atoms with van der Waals surface area (Å²) in [5, 5.41) is 7.81. The quantitative estimate of drug-likeness (QED) is 0.712. The van der Waals surface area contributed by atoms with Crippen molar-refractivity contribution < 1.29 is 9.18 Å². The molecule has 3 rings (SSSR count). The minimum atomic E-state index is -0.272. The van der Waals surface area contributed by atoms with Crippen LogP contribution >= 0.6 is 11.8 Å². The van der Waals surface area contributed by atoms with Gasteiger partial charge in [-0.05, 0) is 30.0 Å². The number of carbonyl (C=O) groups is 1. The second-order valence-electron chi connectivity index (χ2n) is 6.92. The van der Waals surface area contributed by atoms with E-state index < -0.39 is 0 Å². The minimum Gasteiger partial charge on any atom is -0.341 e. The molecule has 7 heteroatoms. The molecule has 0 unspecified atom stereocenters. The molecule has 1 N–H and O–H groups in total. The van der Waals surface area contributed by atoms with Crippen LogP contribution in [0.4, 0.5) is 4.39 Å². The smallest absolute Gasteiger partial charge is 0.233 e.